The summed E-state index contributed by atoms with van der Waals surface area (Å²) < 4.78 is 5.70. The van der Waals surface area contributed by atoms with Gasteiger partial charge in [0, 0.05) is 0 Å². The number of nitrogens with zero attached hydrogens (tertiary/aromatic N) is 1. The zero-order valence-corrected chi connectivity index (χ0v) is 18.0. The van der Waals surface area contributed by atoms with E-state index in [0.29, 0.717) is 28.7 Å². The second-order valence-corrected chi connectivity index (χ2v) is 9.28. The molecular weight excluding hydrogens is 354 g/mol. The van der Waals surface area contributed by atoms with Crippen molar-refractivity contribution in [1.82, 2.24) is 0 Å². The number of nitriles is 1. The zero-order valence-electron chi connectivity index (χ0n) is 18.0. The summed E-state index contributed by atoms with van der Waals surface area (Å²) >= 11 is 0. The number of fused-ring (bicyclic) bond motifs is 3. The van der Waals surface area contributed by atoms with E-state index in [1.807, 2.05) is 12.1 Å². The van der Waals surface area contributed by atoms with Crippen molar-refractivity contribution in [3.05, 3.63) is 53.6 Å². The van der Waals surface area contributed by atoms with Gasteiger partial charge in [-0.1, -0.05) is 50.6 Å². The van der Waals surface area contributed by atoms with Gasteiger partial charge in [0.1, 0.15) is 11.8 Å². The molecule has 2 aromatic rings. The second kappa shape index (κ2) is 8.23. The Kier molecular flexibility index (Phi) is 5.68. The van der Waals surface area contributed by atoms with Gasteiger partial charge in [-0.05, 0) is 91.0 Å². The summed E-state index contributed by atoms with van der Waals surface area (Å²) in [5, 5.41) is 9.50. The smallest absolute Gasteiger partial charge is 0.137 e. The number of ether oxygens (including phenoxy) is 1. The number of hydrogen-bond acceptors (Lipinski definition) is 2. The Morgan fingerprint density at radius 2 is 1.52 bits per heavy atom. The van der Waals surface area contributed by atoms with E-state index in [1.54, 1.807) is 0 Å². The van der Waals surface area contributed by atoms with Crippen LogP contribution in [0.4, 0.5) is 0 Å². The predicted octanol–water partition coefficient (Wildman–Crippen LogP) is 7.41. The molecule has 3 aliphatic rings. The molecule has 0 saturated heterocycles. The molecule has 0 N–H and O–H groups in total. The summed E-state index contributed by atoms with van der Waals surface area (Å²) in [6.07, 6.45) is 12.0. The van der Waals surface area contributed by atoms with E-state index in [9.17, 15) is 5.26 Å². The second-order valence-electron chi connectivity index (χ2n) is 9.28. The third-order valence-corrected chi connectivity index (χ3v) is 7.57. The molecule has 0 aliphatic heterocycles. The first kappa shape index (κ1) is 20.0. The summed E-state index contributed by atoms with van der Waals surface area (Å²) in [7, 11) is 0. The van der Waals surface area contributed by atoms with Crippen molar-refractivity contribution in [1.29, 1.82) is 5.26 Å². The molecule has 2 aromatic carbocycles. The van der Waals surface area contributed by atoms with Gasteiger partial charge in [0.05, 0.1) is 12.2 Å². The monoisotopic (exact) mass is 387 g/mol. The summed E-state index contributed by atoms with van der Waals surface area (Å²) in [6.45, 7) is 5.05. The zero-order chi connectivity index (χ0) is 20.3. The quantitative estimate of drug-likeness (QED) is 0.495. The highest BCUT2D eigenvalue weighted by atomic mass is 16.5. The highest BCUT2D eigenvalue weighted by Crippen LogP contribution is 2.59. The van der Waals surface area contributed by atoms with E-state index in [2.05, 4.69) is 50.2 Å². The van der Waals surface area contributed by atoms with Gasteiger partial charge in [-0.2, -0.15) is 5.26 Å². The average Bonchev–Trinajstić information content (AvgIpc) is 2.79. The molecule has 3 saturated carbocycles. The number of benzene rings is 2. The fraction of sp³-hybridized carbons (Fsp3) is 0.519. The molecule has 2 heteroatoms. The van der Waals surface area contributed by atoms with Crippen LogP contribution in [0.15, 0.2) is 42.5 Å². The lowest BCUT2D eigenvalue weighted by Gasteiger charge is -2.54. The fourth-order valence-electron chi connectivity index (χ4n) is 5.75. The first-order chi connectivity index (χ1) is 14.1. The maximum atomic E-state index is 9.50. The van der Waals surface area contributed by atoms with Gasteiger partial charge < -0.3 is 4.74 Å². The van der Waals surface area contributed by atoms with Crippen LogP contribution in [-0.2, 0) is 5.41 Å². The van der Waals surface area contributed by atoms with E-state index in [0.717, 1.165) is 12.0 Å². The lowest BCUT2D eigenvalue weighted by Crippen LogP contribution is -2.44. The molecular formula is C27H33NO. The van der Waals surface area contributed by atoms with E-state index >= 15 is 0 Å². The van der Waals surface area contributed by atoms with Gasteiger partial charge in [-0.25, -0.2) is 0 Å². The van der Waals surface area contributed by atoms with Crippen molar-refractivity contribution >= 4 is 0 Å². The van der Waals surface area contributed by atoms with Crippen LogP contribution in [0.2, 0.25) is 0 Å². The SMILES string of the molecule is CCCOc1ccc(-c2ccc(C34CCC(CCC)(CC3)CC4)cc2)cc1C#N. The normalized spacial score (nSPS) is 25.6. The van der Waals surface area contributed by atoms with Crippen molar-refractivity contribution in [2.24, 2.45) is 5.41 Å². The van der Waals surface area contributed by atoms with Gasteiger partial charge >= 0.3 is 0 Å². The maximum Gasteiger partial charge on any atom is 0.137 e. The molecule has 0 spiro atoms. The van der Waals surface area contributed by atoms with Crippen molar-refractivity contribution in [2.45, 2.75) is 77.0 Å². The molecule has 0 atom stereocenters. The van der Waals surface area contributed by atoms with Crippen LogP contribution >= 0.6 is 0 Å². The Bertz CT molecular complexity index is 865. The predicted molar refractivity (Wildman–Crippen MR) is 119 cm³/mol. The Morgan fingerprint density at radius 1 is 0.862 bits per heavy atom. The van der Waals surface area contributed by atoms with Crippen molar-refractivity contribution in [3.8, 4) is 22.9 Å². The van der Waals surface area contributed by atoms with Crippen LogP contribution in [0.25, 0.3) is 11.1 Å². The minimum absolute atomic E-state index is 0.406. The van der Waals surface area contributed by atoms with Gasteiger partial charge in [0.2, 0.25) is 0 Å². The molecule has 5 rings (SSSR count). The summed E-state index contributed by atoms with van der Waals surface area (Å²) in [5.41, 5.74) is 5.47. The molecule has 0 amide bonds. The van der Waals surface area contributed by atoms with Crippen LogP contribution in [-0.4, -0.2) is 6.61 Å². The fourth-order valence-corrected chi connectivity index (χ4v) is 5.75. The van der Waals surface area contributed by atoms with E-state index in [4.69, 9.17) is 4.74 Å². The lowest BCUT2D eigenvalue weighted by molar-refractivity contribution is 0.0320. The standard InChI is InChI=1S/C27H33NO/c1-3-11-26-12-15-27(16-13-26,17-14-26)24-8-5-21(6-9-24)22-7-10-25(29-18-4-2)23(19-22)20-28/h5-10,19H,3-4,11-18H2,1-2H3. The third kappa shape index (κ3) is 3.80. The van der Waals surface area contributed by atoms with Gasteiger partial charge in [-0.15, -0.1) is 0 Å². The molecule has 2 bridgehead atoms. The lowest BCUT2D eigenvalue weighted by atomic mass is 9.51. The molecule has 3 aliphatic carbocycles. The molecule has 2 nitrogen and oxygen atoms in total. The first-order valence-electron chi connectivity index (χ1n) is 11.4. The number of hydrogen-bond donors (Lipinski definition) is 0. The molecule has 3 fully saturated rings. The first-order valence-corrected chi connectivity index (χ1v) is 11.4. The Labute approximate surface area is 175 Å². The third-order valence-electron chi connectivity index (χ3n) is 7.57. The van der Waals surface area contributed by atoms with Crippen LogP contribution in [0, 0.1) is 16.7 Å². The highest BCUT2D eigenvalue weighted by Gasteiger charge is 2.48. The Balaban J connectivity index is 1.53. The summed E-state index contributed by atoms with van der Waals surface area (Å²) in [4.78, 5) is 0. The summed E-state index contributed by atoms with van der Waals surface area (Å²) in [5.74, 6) is 0.689. The van der Waals surface area contributed by atoms with Crippen LogP contribution in [0.1, 0.15) is 82.8 Å². The molecule has 0 unspecified atom stereocenters. The molecule has 0 aromatic heterocycles. The van der Waals surface area contributed by atoms with Crippen LogP contribution in [0.5, 0.6) is 5.75 Å². The maximum absolute atomic E-state index is 9.50. The molecule has 0 heterocycles. The van der Waals surface area contributed by atoms with Gasteiger partial charge in [0.25, 0.3) is 0 Å². The Hall–Kier alpha value is -2.27. The highest BCUT2D eigenvalue weighted by molar-refractivity contribution is 5.67. The van der Waals surface area contributed by atoms with E-state index in [-0.39, 0.29) is 0 Å². The number of rotatable bonds is 7. The van der Waals surface area contributed by atoms with Crippen LogP contribution in [0.3, 0.4) is 0 Å². The van der Waals surface area contributed by atoms with Gasteiger partial charge in [-0.3, -0.25) is 0 Å². The summed E-state index contributed by atoms with van der Waals surface area (Å²) in [6, 6.07) is 17.4. The minimum Gasteiger partial charge on any atom is -0.492 e. The Morgan fingerprint density at radius 3 is 2.10 bits per heavy atom. The average molecular weight is 388 g/mol. The molecule has 0 radical (unpaired) electrons. The van der Waals surface area contributed by atoms with Crippen molar-refractivity contribution < 1.29 is 4.74 Å². The van der Waals surface area contributed by atoms with Crippen molar-refractivity contribution in [3.63, 3.8) is 0 Å². The molecule has 152 valence electrons. The van der Waals surface area contributed by atoms with E-state index in [1.165, 1.54) is 62.5 Å². The van der Waals surface area contributed by atoms with Crippen LogP contribution < -0.4 is 4.74 Å². The largest absolute Gasteiger partial charge is 0.492 e. The van der Waals surface area contributed by atoms with E-state index < -0.39 is 0 Å². The van der Waals surface area contributed by atoms with Crippen molar-refractivity contribution in [2.75, 3.05) is 6.61 Å². The van der Waals surface area contributed by atoms with Gasteiger partial charge in [0.15, 0.2) is 0 Å². The molecule has 29 heavy (non-hydrogen) atoms. The topological polar surface area (TPSA) is 33.0 Å². The minimum atomic E-state index is 0.406.